The van der Waals surface area contributed by atoms with E-state index in [9.17, 15) is 19.1 Å². The maximum atomic E-state index is 14.7. The van der Waals surface area contributed by atoms with Crippen molar-refractivity contribution in [2.45, 2.75) is 26.3 Å². The van der Waals surface area contributed by atoms with E-state index in [-0.39, 0.29) is 16.9 Å². The molecule has 1 atom stereocenters. The molecule has 2 aromatic carbocycles. The summed E-state index contributed by atoms with van der Waals surface area (Å²) in [6, 6.07) is 13.7. The number of halogens is 1. The van der Waals surface area contributed by atoms with Gasteiger partial charge in [0.15, 0.2) is 0 Å². The Hall–Kier alpha value is -2.99. The predicted molar refractivity (Wildman–Crippen MR) is 113 cm³/mol. The molecule has 1 fully saturated rings. The zero-order chi connectivity index (χ0) is 21.7. The first kappa shape index (κ1) is 21.7. The minimum Gasteiger partial charge on any atom is -0.507 e. The lowest BCUT2D eigenvalue weighted by Gasteiger charge is -2.26. The molecule has 30 heavy (non-hydrogen) atoms. The number of nitrogens with one attached hydrogen (secondary N) is 1. The Kier molecular flexibility index (Phi) is 7.00. The van der Waals surface area contributed by atoms with E-state index in [0.717, 1.165) is 19.6 Å². The third-order valence-corrected chi connectivity index (χ3v) is 5.72. The van der Waals surface area contributed by atoms with E-state index in [1.807, 2.05) is 0 Å². The average Bonchev–Trinajstić information content (AvgIpc) is 3.02. The zero-order valence-electron chi connectivity index (χ0n) is 17.4. The van der Waals surface area contributed by atoms with Gasteiger partial charge in [-0.3, -0.25) is 9.59 Å². The molecule has 0 aromatic heterocycles. The van der Waals surface area contributed by atoms with Crippen molar-refractivity contribution in [3.05, 3.63) is 77.1 Å². The number of aliphatic hydroxyl groups is 1. The second-order valence-corrected chi connectivity index (χ2v) is 7.44. The summed E-state index contributed by atoms with van der Waals surface area (Å²) in [5, 5.41) is 10.9. The fraction of sp³-hybridized carbons (Fsp3) is 0.333. The van der Waals surface area contributed by atoms with Gasteiger partial charge in [-0.25, -0.2) is 4.39 Å². The first-order valence-corrected chi connectivity index (χ1v) is 10.4. The van der Waals surface area contributed by atoms with Crippen LogP contribution in [0.5, 0.6) is 0 Å². The van der Waals surface area contributed by atoms with Crippen LogP contribution in [0.2, 0.25) is 0 Å². The number of amides is 1. The maximum Gasteiger partial charge on any atom is 0.295 e. The summed E-state index contributed by atoms with van der Waals surface area (Å²) in [6.07, 6.45) is 0.681. The number of likely N-dealkylation sites (tertiary alicyclic amines) is 1. The number of carbonyl (C=O) groups is 2. The van der Waals surface area contributed by atoms with Gasteiger partial charge in [-0.15, -0.1) is 0 Å². The van der Waals surface area contributed by atoms with Crippen LogP contribution in [0.1, 0.15) is 37.4 Å². The van der Waals surface area contributed by atoms with Crippen molar-refractivity contribution in [2.75, 3.05) is 26.2 Å². The van der Waals surface area contributed by atoms with Gasteiger partial charge in [0.25, 0.3) is 11.7 Å². The molecule has 2 aromatic rings. The quantitative estimate of drug-likeness (QED) is 0.399. The van der Waals surface area contributed by atoms with Crippen molar-refractivity contribution in [3.8, 4) is 0 Å². The zero-order valence-corrected chi connectivity index (χ0v) is 17.4. The van der Waals surface area contributed by atoms with Crippen LogP contribution in [-0.4, -0.2) is 47.9 Å². The lowest BCUT2D eigenvalue weighted by Crippen LogP contribution is -3.11. The molecular weight excluding hydrogens is 383 g/mol. The van der Waals surface area contributed by atoms with E-state index >= 15 is 0 Å². The van der Waals surface area contributed by atoms with E-state index in [1.165, 1.54) is 15.9 Å². The molecule has 0 bridgehead atoms. The van der Waals surface area contributed by atoms with Gasteiger partial charge >= 0.3 is 0 Å². The third kappa shape index (κ3) is 4.28. The molecule has 0 radical (unpaired) electrons. The van der Waals surface area contributed by atoms with Gasteiger partial charge in [0.2, 0.25) is 0 Å². The van der Waals surface area contributed by atoms with Crippen LogP contribution in [0.4, 0.5) is 4.39 Å². The molecule has 0 aliphatic carbocycles. The Balaban J connectivity index is 2.03. The largest absolute Gasteiger partial charge is 0.507 e. The first-order valence-electron chi connectivity index (χ1n) is 10.4. The number of benzene rings is 2. The van der Waals surface area contributed by atoms with Crippen molar-refractivity contribution >= 4 is 17.4 Å². The van der Waals surface area contributed by atoms with E-state index < -0.39 is 23.5 Å². The van der Waals surface area contributed by atoms with Crippen molar-refractivity contribution in [3.63, 3.8) is 0 Å². The molecule has 2 N–H and O–H groups in total. The molecule has 0 spiro atoms. The van der Waals surface area contributed by atoms with Crippen LogP contribution in [0.25, 0.3) is 5.76 Å². The fourth-order valence-corrected chi connectivity index (χ4v) is 3.99. The fourth-order valence-electron chi connectivity index (χ4n) is 3.99. The lowest BCUT2D eigenvalue weighted by atomic mass is 9.95. The minimum absolute atomic E-state index is 0.0634. The monoisotopic (exact) mass is 411 g/mol. The van der Waals surface area contributed by atoms with Gasteiger partial charge in [0.1, 0.15) is 11.6 Å². The summed E-state index contributed by atoms with van der Waals surface area (Å²) in [4.78, 5) is 28.5. The smallest absolute Gasteiger partial charge is 0.295 e. The summed E-state index contributed by atoms with van der Waals surface area (Å²) in [6.45, 7) is 7.31. The molecule has 0 unspecified atom stereocenters. The van der Waals surface area contributed by atoms with E-state index in [2.05, 4.69) is 13.8 Å². The number of Topliss-reactive ketones (excluding diaryl/α,β-unsaturated/α-hetero) is 1. The number of quaternary nitrogens is 1. The summed E-state index contributed by atoms with van der Waals surface area (Å²) in [5.74, 6) is -2.27. The van der Waals surface area contributed by atoms with E-state index in [1.54, 1.807) is 48.5 Å². The molecule has 3 rings (SSSR count). The molecule has 5 nitrogen and oxygen atoms in total. The Morgan fingerprint density at radius 2 is 1.67 bits per heavy atom. The summed E-state index contributed by atoms with van der Waals surface area (Å²) in [5.41, 5.74) is 0.570. The molecule has 1 saturated heterocycles. The second-order valence-electron chi connectivity index (χ2n) is 7.44. The van der Waals surface area contributed by atoms with E-state index in [4.69, 9.17) is 0 Å². The summed E-state index contributed by atoms with van der Waals surface area (Å²) >= 11 is 0. The standard InChI is InChI=1S/C24H27FN2O3/c1-3-26(4-2)15-10-16-27-21(18-13-8-9-14-19(18)25)20(23(29)24(27)30)22(28)17-11-6-5-7-12-17/h5-9,11-14,21,28H,3-4,10,15-16H2,1-2H3/p+1/t21-/m0/s1. The Bertz CT molecular complexity index is 938. The number of carbonyl (C=O) groups excluding carboxylic acids is 2. The topological polar surface area (TPSA) is 62.0 Å². The number of rotatable bonds is 8. The highest BCUT2D eigenvalue weighted by molar-refractivity contribution is 6.46. The van der Waals surface area contributed by atoms with Gasteiger partial charge in [0, 0.05) is 24.1 Å². The number of hydrogen-bond acceptors (Lipinski definition) is 3. The Morgan fingerprint density at radius 1 is 1.03 bits per heavy atom. The van der Waals surface area contributed by atoms with Gasteiger partial charge in [0.05, 0.1) is 31.2 Å². The Labute approximate surface area is 176 Å². The highest BCUT2D eigenvalue weighted by atomic mass is 19.1. The van der Waals surface area contributed by atoms with Crippen molar-refractivity contribution in [2.24, 2.45) is 0 Å². The van der Waals surface area contributed by atoms with Crippen molar-refractivity contribution in [1.82, 2.24) is 4.90 Å². The second kappa shape index (κ2) is 9.67. The number of hydrogen-bond donors (Lipinski definition) is 2. The molecule has 1 aliphatic rings. The predicted octanol–water partition coefficient (Wildman–Crippen LogP) is 2.56. The van der Waals surface area contributed by atoms with Crippen LogP contribution in [0.15, 0.2) is 60.2 Å². The van der Waals surface area contributed by atoms with Crippen LogP contribution in [0.3, 0.4) is 0 Å². The molecule has 6 heteroatoms. The van der Waals surface area contributed by atoms with Crippen LogP contribution in [0, 0.1) is 5.82 Å². The SMILES string of the molecule is CC[NH+](CC)CCCN1C(=O)C(=O)C(=C(O)c2ccccc2)[C@@H]1c1ccccc1F. The van der Waals surface area contributed by atoms with Crippen LogP contribution in [-0.2, 0) is 9.59 Å². The number of ketones is 1. The highest BCUT2D eigenvalue weighted by Crippen LogP contribution is 2.40. The van der Waals surface area contributed by atoms with Crippen LogP contribution < -0.4 is 4.90 Å². The maximum absolute atomic E-state index is 14.7. The third-order valence-electron chi connectivity index (χ3n) is 5.72. The average molecular weight is 411 g/mol. The van der Waals surface area contributed by atoms with Gasteiger partial charge in [-0.1, -0.05) is 48.5 Å². The minimum atomic E-state index is -0.946. The van der Waals surface area contributed by atoms with E-state index in [0.29, 0.717) is 18.5 Å². The molecular formula is C24H28FN2O3+. The molecule has 158 valence electrons. The number of nitrogens with zero attached hydrogens (tertiary/aromatic N) is 1. The number of aliphatic hydroxyl groups excluding tert-OH is 1. The molecule has 1 heterocycles. The lowest BCUT2D eigenvalue weighted by molar-refractivity contribution is -0.896. The molecule has 1 amide bonds. The van der Waals surface area contributed by atoms with Gasteiger partial charge < -0.3 is 14.9 Å². The first-order chi connectivity index (χ1) is 14.5. The van der Waals surface area contributed by atoms with Crippen LogP contribution >= 0.6 is 0 Å². The molecule has 1 aliphatic heterocycles. The normalized spacial score (nSPS) is 18.4. The van der Waals surface area contributed by atoms with Crippen molar-refractivity contribution < 1.29 is 24.0 Å². The summed E-state index contributed by atoms with van der Waals surface area (Å²) < 4.78 is 14.7. The molecule has 0 saturated carbocycles. The summed E-state index contributed by atoms with van der Waals surface area (Å²) in [7, 11) is 0. The Morgan fingerprint density at radius 3 is 2.30 bits per heavy atom. The van der Waals surface area contributed by atoms with Gasteiger partial charge in [-0.05, 0) is 19.9 Å². The van der Waals surface area contributed by atoms with Crippen molar-refractivity contribution in [1.29, 1.82) is 0 Å². The van der Waals surface area contributed by atoms with Gasteiger partial charge in [-0.2, -0.15) is 0 Å². The highest BCUT2D eigenvalue weighted by Gasteiger charge is 2.46.